The highest BCUT2D eigenvalue weighted by Gasteiger charge is 2.39. The number of nitrogens with zero attached hydrogens (tertiary/aromatic N) is 2. The van der Waals surface area contributed by atoms with Gasteiger partial charge < -0.3 is 9.80 Å². The molecule has 0 saturated carbocycles. The molecule has 1 saturated heterocycles. The van der Waals surface area contributed by atoms with Gasteiger partial charge in [-0.1, -0.05) is 29.8 Å². The first-order chi connectivity index (χ1) is 9.41. The van der Waals surface area contributed by atoms with Crippen LogP contribution in [0, 0.1) is 12.8 Å². The monoisotopic (exact) mass is 274 g/mol. The fourth-order valence-electron chi connectivity index (χ4n) is 2.85. The lowest BCUT2D eigenvalue weighted by atomic mass is 9.83. The van der Waals surface area contributed by atoms with Gasteiger partial charge in [0.1, 0.15) is 0 Å². The van der Waals surface area contributed by atoms with Gasteiger partial charge in [0.05, 0.1) is 12.0 Å². The summed E-state index contributed by atoms with van der Waals surface area (Å²) in [4.78, 5) is 27.7. The number of amides is 2. The summed E-state index contributed by atoms with van der Waals surface area (Å²) in [6.45, 7) is 2.03. The molecule has 0 spiro atoms. The Hall–Kier alpha value is -1.84. The Balaban J connectivity index is 2.37. The van der Waals surface area contributed by atoms with E-state index in [0.29, 0.717) is 12.8 Å². The normalized spacial score (nSPS) is 22.8. The molecule has 108 valence electrons. The van der Waals surface area contributed by atoms with Crippen LogP contribution in [0.4, 0.5) is 0 Å². The van der Waals surface area contributed by atoms with E-state index < -0.39 is 0 Å². The van der Waals surface area contributed by atoms with E-state index >= 15 is 0 Å². The van der Waals surface area contributed by atoms with Crippen molar-refractivity contribution in [3.63, 3.8) is 0 Å². The van der Waals surface area contributed by atoms with Crippen molar-refractivity contribution in [1.82, 2.24) is 9.80 Å². The van der Waals surface area contributed by atoms with Crippen molar-refractivity contribution in [1.29, 1.82) is 0 Å². The number of carbonyl (C=O) groups is 2. The minimum absolute atomic E-state index is 0.0925. The van der Waals surface area contributed by atoms with Gasteiger partial charge in [0.25, 0.3) is 0 Å². The number of carbonyl (C=O) groups excluding carboxylic acids is 2. The first kappa shape index (κ1) is 14.6. The van der Waals surface area contributed by atoms with Gasteiger partial charge in [-0.05, 0) is 18.9 Å². The zero-order chi connectivity index (χ0) is 14.9. The summed E-state index contributed by atoms with van der Waals surface area (Å²) in [6.07, 6.45) is 1.07. The predicted octanol–water partition coefficient (Wildman–Crippen LogP) is 1.99. The van der Waals surface area contributed by atoms with E-state index in [1.807, 2.05) is 31.2 Å². The Kier molecular flexibility index (Phi) is 4.12. The minimum Gasteiger partial charge on any atom is -0.349 e. The Bertz CT molecular complexity index is 508. The summed E-state index contributed by atoms with van der Waals surface area (Å²) in [5.41, 5.74) is 2.21. The second-order valence-electron chi connectivity index (χ2n) is 5.74. The molecule has 2 amide bonds. The van der Waals surface area contributed by atoms with E-state index in [2.05, 4.69) is 0 Å². The van der Waals surface area contributed by atoms with Gasteiger partial charge >= 0.3 is 0 Å². The number of likely N-dealkylation sites (tertiary alicyclic amines) is 1. The lowest BCUT2D eigenvalue weighted by Gasteiger charge is -2.39. The maximum absolute atomic E-state index is 12.4. The van der Waals surface area contributed by atoms with E-state index in [9.17, 15) is 9.59 Å². The second kappa shape index (κ2) is 5.65. The van der Waals surface area contributed by atoms with Crippen LogP contribution in [0.1, 0.15) is 30.0 Å². The molecule has 2 rings (SSSR count). The smallest absolute Gasteiger partial charge is 0.227 e. The molecule has 0 bridgehead atoms. The molecule has 0 radical (unpaired) electrons. The number of benzene rings is 1. The topological polar surface area (TPSA) is 40.6 Å². The maximum atomic E-state index is 12.4. The van der Waals surface area contributed by atoms with Crippen LogP contribution in [0.2, 0.25) is 0 Å². The summed E-state index contributed by atoms with van der Waals surface area (Å²) in [6, 6.07) is 7.93. The summed E-state index contributed by atoms with van der Waals surface area (Å²) >= 11 is 0. The van der Waals surface area contributed by atoms with E-state index in [-0.39, 0.29) is 23.8 Å². The SMILES string of the molecule is Cc1ccc(C2C(C(=O)N(C)C)CCC(=O)N2C)cc1. The van der Waals surface area contributed by atoms with Gasteiger partial charge in [-0.2, -0.15) is 0 Å². The zero-order valence-corrected chi connectivity index (χ0v) is 12.6. The van der Waals surface area contributed by atoms with E-state index in [0.717, 1.165) is 5.56 Å². The lowest BCUT2D eigenvalue weighted by molar-refractivity contribution is -0.145. The molecule has 2 unspecified atom stereocenters. The van der Waals surface area contributed by atoms with Crippen LogP contribution >= 0.6 is 0 Å². The molecule has 1 aliphatic heterocycles. The number of hydrogen-bond donors (Lipinski definition) is 0. The molecule has 4 nitrogen and oxygen atoms in total. The molecule has 2 atom stereocenters. The van der Waals surface area contributed by atoms with Crippen molar-refractivity contribution < 1.29 is 9.59 Å². The van der Waals surface area contributed by atoms with E-state index in [1.165, 1.54) is 5.56 Å². The Labute approximate surface area is 120 Å². The molecule has 1 aliphatic rings. The van der Waals surface area contributed by atoms with E-state index in [4.69, 9.17) is 0 Å². The Morgan fingerprint density at radius 3 is 2.40 bits per heavy atom. The van der Waals surface area contributed by atoms with Gasteiger partial charge in [-0.3, -0.25) is 9.59 Å². The molecule has 0 aliphatic carbocycles. The van der Waals surface area contributed by atoms with Gasteiger partial charge in [-0.15, -0.1) is 0 Å². The Morgan fingerprint density at radius 1 is 1.25 bits per heavy atom. The van der Waals surface area contributed by atoms with Crippen molar-refractivity contribution in [3.8, 4) is 0 Å². The molecular formula is C16H22N2O2. The molecule has 20 heavy (non-hydrogen) atoms. The van der Waals surface area contributed by atoms with Crippen LogP contribution in [0.5, 0.6) is 0 Å². The first-order valence-electron chi connectivity index (χ1n) is 6.95. The van der Waals surface area contributed by atoms with Crippen molar-refractivity contribution in [2.24, 2.45) is 5.92 Å². The van der Waals surface area contributed by atoms with Crippen molar-refractivity contribution in [3.05, 3.63) is 35.4 Å². The second-order valence-corrected chi connectivity index (χ2v) is 5.74. The predicted molar refractivity (Wildman–Crippen MR) is 78.1 cm³/mol. The third-order valence-electron chi connectivity index (χ3n) is 4.04. The standard InChI is InChI=1S/C16H22N2O2/c1-11-5-7-12(8-6-11)15-13(16(20)17(2)3)9-10-14(19)18(15)4/h5-8,13,15H,9-10H2,1-4H3. The van der Waals surface area contributed by atoms with Crippen LogP contribution in [-0.2, 0) is 9.59 Å². The molecule has 1 aromatic rings. The molecule has 1 aromatic carbocycles. The lowest BCUT2D eigenvalue weighted by Crippen LogP contribution is -2.46. The molecule has 1 heterocycles. The van der Waals surface area contributed by atoms with Gasteiger partial charge in [-0.25, -0.2) is 0 Å². The van der Waals surface area contributed by atoms with Crippen LogP contribution < -0.4 is 0 Å². The van der Waals surface area contributed by atoms with Crippen molar-refractivity contribution >= 4 is 11.8 Å². The maximum Gasteiger partial charge on any atom is 0.227 e. The molecule has 0 N–H and O–H groups in total. The highest BCUT2D eigenvalue weighted by Crippen LogP contribution is 2.36. The minimum atomic E-state index is -0.160. The number of rotatable bonds is 2. The fourth-order valence-corrected chi connectivity index (χ4v) is 2.85. The number of piperidine rings is 1. The zero-order valence-electron chi connectivity index (χ0n) is 12.6. The number of aryl methyl sites for hydroxylation is 1. The highest BCUT2D eigenvalue weighted by molar-refractivity contribution is 5.84. The van der Waals surface area contributed by atoms with Crippen LogP contribution in [-0.4, -0.2) is 42.8 Å². The molecular weight excluding hydrogens is 252 g/mol. The summed E-state index contributed by atoms with van der Waals surface area (Å²) < 4.78 is 0. The molecule has 1 fully saturated rings. The summed E-state index contributed by atoms with van der Waals surface area (Å²) in [7, 11) is 5.33. The summed E-state index contributed by atoms with van der Waals surface area (Å²) in [5.74, 6) is 0.0451. The molecule has 4 heteroatoms. The van der Waals surface area contributed by atoms with Gasteiger partial charge in [0, 0.05) is 27.6 Å². The third kappa shape index (κ3) is 2.69. The van der Waals surface area contributed by atoms with Gasteiger partial charge in [0.15, 0.2) is 0 Å². The Morgan fingerprint density at radius 2 is 1.85 bits per heavy atom. The third-order valence-corrected chi connectivity index (χ3v) is 4.04. The highest BCUT2D eigenvalue weighted by atomic mass is 16.2. The van der Waals surface area contributed by atoms with Crippen LogP contribution in [0.15, 0.2) is 24.3 Å². The number of hydrogen-bond acceptors (Lipinski definition) is 2. The summed E-state index contributed by atoms with van der Waals surface area (Å²) in [5, 5.41) is 0. The largest absolute Gasteiger partial charge is 0.349 e. The average Bonchev–Trinajstić information content (AvgIpc) is 2.42. The first-order valence-corrected chi connectivity index (χ1v) is 6.95. The van der Waals surface area contributed by atoms with Crippen LogP contribution in [0.3, 0.4) is 0 Å². The average molecular weight is 274 g/mol. The quantitative estimate of drug-likeness (QED) is 0.827. The molecule has 0 aromatic heterocycles. The van der Waals surface area contributed by atoms with E-state index in [1.54, 1.807) is 30.9 Å². The fraction of sp³-hybridized carbons (Fsp3) is 0.500. The van der Waals surface area contributed by atoms with Crippen LogP contribution in [0.25, 0.3) is 0 Å². The van der Waals surface area contributed by atoms with Crippen molar-refractivity contribution in [2.75, 3.05) is 21.1 Å². The van der Waals surface area contributed by atoms with Crippen molar-refractivity contribution in [2.45, 2.75) is 25.8 Å². The van der Waals surface area contributed by atoms with Gasteiger partial charge in [0.2, 0.25) is 11.8 Å².